The molecule has 1 heterocycles. The Kier molecular flexibility index (Phi) is 4.02. The molecule has 6 heteroatoms. The largest absolute Gasteiger partial charge is 0.370 e. The quantitative estimate of drug-likeness (QED) is 0.518. The molecule has 1 aromatic rings. The molecule has 2 fully saturated rings. The molecular formula is C16H20F3N3. The maximum atomic E-state index is 13.3. The summed E-state index contributed by atoms with van der Waals surface area (Å²) in [4.78, 5) is 6.52. The van der Waals surface area contributed by atoms with Gasteiger partial charge >= 0.3 is 0 Å². The van der Waals surface area contributed by atoms with E-state index in [1.165, 1.54) is 0 Å². The zero-order valence-corrected chi connectivity index (χ0v) is 12.5. The highest BCUT2D eigenvalue weighted by atomic mass is 19.2. The summed E-state index contributed by atoms with van der Waals surface area (Å²) in [5.41, 5.74) is 6.48. The number of benzene rings is 1. The lowest BCUT2D eigenvalue weighted by molar-refractivity contribution is 0.277. The molecule has 2 N–H and O–H groups in total. The van der Waals surface area contributed by atoms with Crippen molar-refractivity contribution < 1.29 is 13.2 Å². The maximum absolute atomic E-state index is 13.3. The fraction of sp³-hybridized carbons (Fsp3) is 0.562. The van der Waals surface area contributed by atoms with Gasteiger partial charge in [-0.25, -0.2) is 18.2 Å². The van der Waals surface area contributed by atoms with Crippen LogP contribution in [-0.4, -0.2) is 30.0 Å². The first kappa shape index (κ1) is 15.2. The molecule has 22 heavy (non-hydrogen) atoms. The van der Waals surface area contributed by atoms with E-state index >= 15 is 0 Å². The molecule has 2 aliphatic rings. The third kappa shape index (κ3) is 3.05. The molecule has 0 aromatic heterocycles. The van der Waals surface area contributed by atoms with E-state index in [-0.39, 0.29) is 12.0 Å². The van der Waals surface area contributed by atoms with E-state index in [2.05, 4.69) is 16.8 Å². The first-order valence-corrected chi connectivity index (χ1v) is 7.68. The van der Waals surface area contributed by atoms with Crippen molar-refractivity contribution in [3.8, 4) is 0 Å². The summed E-state index contributed by atoms with van der Waals surface area (Å²) < 4.78 is 39.5. The van der Waals surface area contributed by atoms with Gasteiger partial charge in [0, 0.05) is 19.0 Å². The van der Waals surface area contributed by atoms with Gasteiger partial charge < -0.3 is 10.6 Å². The third-order valence-electron chi connectivity index (χ3n) is 4.60. The molecule has 0 unspecified atom stereocenters. The summed E-state index contributed by atoms with van der Waals surface area (Å²) in [5, 5.41) is 0. The highest BCUT2D eigenvalue weighted by Gasteiger charge is 2.40. The SMILES string of the molecule is CC1CCN(C(N)=N[C@@H]2C[C@H]2c2cc(F)c(F)c(F)c2)CC1. The monoisotopic (exact) mass is 311 g/mol. The second-order valence-corrected chi connectivity index (χ2v) is 6.36. The van der Waals surface area contributed by atoms with Crippen LogP contribution in [0.2, 0.25) is 0 Å². The molecule has 1 saturated carbocycles. The van der Waals surface area contributed by atoms with Crippen molar-refractivity contribution in [2.75, 3.05) is 13.1 Å². The van der Waals surface area contributed by atoms with Crippen LogP contribution in [0.15, 0.2) is 17.1 Å². The summed E-state index contributed by atoms with van der Waals surface area (Å²) >= 11 is 0. The van der Waals surface area contributed by atoms with Crippen molar-refractivity contribution in [1.82, 2.24) is 4.90 Å². The molecule has 3 nitrogen and oxygen atoms in total. The number of nitrogens with zero attached hydrogens (tertiary/aromatic N) is 2. The van der Waals surface area contributed by atoms with Crippen molar-refractivity contribution in [2.24, 2.45) is 16.6 Å². The van der Waals surface area contributed by atoms with Crippen molar-refractivity contribution in [3.63, 3.8) is 0 Å². The Morgan fingerprint density at radius 1 is 1.18 bits per heavy atom. The van der Waals surface area contributed by atoms with Gasteiger partial charge in [-0.05, 0) is 42.9 Å². The lowest BCUT2D eigenvalue weighted by Gasteiger charge is -2.31. The van der Waals surface area contributed by atoms with E-state index in [4.69, 9.17) is 5.73 Å². The molecule has 0 bridgehead atoms. The number of hydrogen-bond donors (Lipinski definition) is 1. The summed E-state index contributed by atoms with van der Waals surface area (Å²) in [7, 11) is 0. The van der Waals surface area contributed by atoms with Crippen molar-refractivity contribution in [1.29, 1.82) is 0 Å². The summed E-state index contributed by atoms with van der Waals surface area (Å²) in [5.74, 6) is -2.59. The van der Waals surface area contributed by atoms with E-state index in [0.717, 1.165) is 38.1 Å². The lowest BCUT2D eigenvalue weighted by atomic mass is 10.00. The highest BCUT2D eigenvalue weighted by Crippen LogP contribution is 2.44. The molecular weight excluding hydrogens is 291 g/mol. The van der Waals surface area contributed by atoms with Gasteiger partial charge in [0.05, 0.1) is 6.04 Å². The molecule has 3 rings (SSSR count). The molecule has 1 aliphatic heterocycles. The van der Waals surface area contributed by atoms with Crippen LogP contribution in [0, 0.1) is 23.4 Å². The van der Waals surface area contributed by atoms with E-state index in [1.807, 2.05) is 0 Å². The Bertz CT molecular complexity index is 571. The minimum absolute atomic E-state index is 0.0661. The predicted molar refractivity (Wildman–Crippen MR) is 79.1 cm³/mol. The van der Waals surface area contributed by atoms with E-state index < -0.39 is 17.5 Å². The van der Waals surface area contributed by atoms with Gasteiger partial charge in [0.15, 0.2) is 23.4 Å². The van der Waals surface area contributed by atoms with Crippen LogP contribution in [0.4, 0.5) is 13.2 Å². The highest BCUT2D eigenvalue weighted by molar-refractivity contribution is 5.78. The zero-order valence-electron chi connectivity index (χ0n) is 12.5. The molecule has 0 spiro atoms. The van der Waals surface area contributed by atoms with Crippen LogP contribution in [0.3, 0.4) is 0 Å². The van der Waals surface area contributed by atoms with Gasteiger partial charge in [0.1, 0.15) is 0 Å². The average Bonchev–Trinajstić information content (AvgIpc) is 3.24. The van der Waals surface area contributed by atoms with Gasteiger partial charge in [0.25, 0.3) is 0 Å². The number of likely N-dealkylation sites (tertiary alicyclic amines) is 1. The Morgan fingerprint density at radius 3 is 2.36 bits per heavy atom. The maximum Gasteiger partial charge on any atom is 0.194 e. The van der Waals surface area contributed by atoms with Gasteiger partial charge in [-0.1, -0.05) is 6.92 Å². The summed E-state index contributed by atoms with van der Waals surface area (Å²) in [6, 6.07) is 2.04. The predicted octanol–water partition coefficient (Wildman–Crippen LogP) is 3.01. The molecule has 0 amide bonds. The number of nitrogens with two attached hydrogens (primary N) is 1. The van der Waals surface area contributed by atoms with Gasteiger partial charge in [0.2, 0.25) is 0 Å². The van der Waals surface area contributed by atoms with E-state index in [9.17, 15) is 13.2 Å². The van der Waals surface area contributed by atoms with Crippen LogP contribution in [0.5, 0.6) is 0 Å². The second-order valence-electron chi connectivity index (χ2n) is 6.36. The number of aliphatic imine (C=N–C) groups is 1. The number of halogens is 3. The number of hydrogen-bond acceptors (Lipinski definition) is 1. The molecule has 1 aromatic carbocycles. The van der Waals surface area contributed by atoms with Crippen LogP contribution in [-0.2, 0) is 0 Å². The Morgan fingerprint density at radius 2 is 1.77 bits per heavy atom. The Balaban J connectivity index is 1.66. The second kappa shape index (κ2) is 5.82. The van der Waals surface area contributed by atoms with Crippen molar-refractivity contribution >= 4 is 5.96 Å². The fourth-order valence-electron chi connectivity index (χ4n) is 2.96. The van der Waals surface area contributed by atoms with Gasteiger partial charge in [-0.15, -0.1) is 0 Å². The topological polar surface area (TPSA) is 41.6 Å². The standard InChI is InChI=1S/C16H20F3N3/c1-9-2-4-22(5-3-9)16(20)21-14-8-11(14)10-6-12(17)15(19)13(18)7-10/h6-7,9,11,14H,2-5,8H2,1H3,(H2,20,21)/t11-,14+/m0/s1. The number of guanidine groups is 1. The number of rotatable bonds is 2. The minimum atomic E-state index is -1.42. The molecule has 1 saturated heterocycles. The van der Waals surface area contributed by atoms with Crippen LogP contribution >= 0.6 is 0 Å². The lowest BCUT2D eigenvalue weighted by Crippen LogP contribution is -2.42. The van der Waals surface area contributed by atoms with Crippen LogP contribution in [0.25, 0.3) is 0 Å². The minimum Gasteiger partial charge on any atom is -0.370 e. The molecule has 1 aliphatic carbocycles. The first-order chi connectivity index (χ1) is 10.5. The Labute approximate surface area is 128 Å². The van der Waals surface area contributed by atoms with Crippen molar-refractivity contribution in [2.45, 2.75) is 38.1 Å². The smallest absolute Gasteiger partial charge is 0.194 e. The third-order valence-corrected chi connectivity index (χ3v) is 4.60. The van der Waals surface area contributed by atoms with Gasteiger partial charge in [-0.2, -0.15) is 0 Å². The molecule has 120 valence electrons. The molecule has 2 atom stereocenters. The van der Waals surface area contributed by atoms with Crippen LogP contribution in [0.1, 0.15) is 37.7 Å². The number of piperidine rings is 1. The van der Waals surface area contributed by atoms with E-state index in [0.29, 0.717) is 23.9 Å². The summed E-state index contributed by atoms with van der Waals surface area (Å²) in [6.45, 7) is 4.01. The average molecular weight is 311 g/mol. The Hall–Kier alpha value is -1.72. The first-order valence-electron chi connectivity index (χ1n) is 7.68. The van der Waals surface area contributed by atoms with Crippen LogP contribution < -0.4 is 5.73 Å². The van der Waals surface area contributed by atoms with Gasteiger partial charge in [-0.3, -0.25) is 0 Å². The zero-order chi connectivity index (χ0) is 15.9. The summed E-state index contributed by atoms with van der Waals surface area (Å²) in [6.07, 6.45) is 2.88. The van der Waals surface area contributed by atoms with E-state index in [1.54, 1.807) is 0 Å². The molecule has 0 radical (unpaired) electrons. The van der Waals surface area contributed by atoms with Crippen molar-refractivity contribution in [3.05, 3.63) is 35.1 Å². The normalized spacial score (nSPS) is 26.4. The fourth-order valence-corrected chi connectivity index (χ4v) is 2.96.